The van der Waals surface area contributed by atoms with Gasteiger partial charge in [-0.05, 0) is 19.4 Å². The summed E-state index contributed by atoms with van der Waals surface area (Å²) in [5.74, 6) is 1.33. The highest BCUT2D eigenvalue weighted by Gasteiger charge is 2.36. The molecule has 2 aliphatic rings. The average Bonchev–Trinajstić information content (AvgIpc) is 2.04. The molecule has 2 atom stereocenters. The Morgan fingerprint density at radius 3 is 2.42 bits per heavy atom. The molecule has 2 fully saturated rings. The molecule has 0 unspecified atom stereocenters. The van der Waals surface area contributed by atoms with Crippen molar-refractivity contribution in [3.05, 3.63) is 0 Å². The first-order chi connectivity index (χ1) is 5.81. The Balaban J connectivity index is 2.07. The predicted octanol–water partition coefficient (Wildman–Crippen LogP) is 1.31. The van der Waals surface area contributed by atoms with Crippen molar-refractivity contribution in [3.8, 4) is 0 Å². The summed E-state index contributed by atoms with van der Waals surface area (Å²) in [4.78, 5) is 14.1. The van der Waals surface area contributed by atoms with Crippen LogP contribution in [0, 0.1) is 11.8 Å². The lowest BCUT2D eigenvalue weighted by atomic mass is 9.77. The normalized spacial score (nSPS) is 36.9. The van der Waals surface area contributed by atoms with Crippen molar-refractivity contribution in [2.45, 2.75) is 26.2 Å². The Bertz CT molecular complexity index is 174. The van der Waals surface area contributed by atoms with Gasteiger partial charge in [0.15, 0.2) is 0 Å². The number of carbonyl (C=O) groups is 1. The summed E-state index contributed by atoms with van der Waals surface area (Å²) in [7, 11) is 0. The molecule has 2 rings (SSSR count). The van der Waals surface area contributed by atoms with Crippen molar-refractivity contribution in [1.29, 1.82) is 0 Å². The maximum Gasteiger partial charge on any atom is 0.141 e. The second-order valence-corrected chi connectivity index (χ2v) is 4.08. The topological polar surface area (TPSA) is 20.3 Å². The average molecular weight is 167 g/mol. The zero-order valence-corrected chi connectivity index (χ0v) is 7.75. The van der Waals surface area contributed by atoms with Gasteiger partial charge in [0.05, 0.1) is 0 Å². The number of likely N-dealkylation sites (tertiary alicyclic amines) is 1. The Morgan fingerprint density at radius 2 is 1.92 bits per heavy atom. The van der Waals surface area contributed by atoms with Gasteiger partial charge < -0.3 is 4.90 Å². The van der Waals surface area contributed by atoms with Crippen molar-refractivity contribution in [2.75, 3.05) is 19.6 Å². The van der Waals surface area contributed by atoms with E-state index >= 15 is 0 Å². The van der Waals surface area contributed by atoms with Crippen LogP contribution in [0.4, 0.5) is 0 Å². The third-order valence-electron chi connectivity index (χ3n) is 3.31. The van der Waals surface area contributed by atoms with Crippen molar-refractivity contribution in [1.82, 2.24) is 4.90 Å². The van der Waals surface area contributed by atoms with Gasteiger partial charge in [0.25, 0.3) is 0 Å². The van der Waals surface area contributed by atoms with Gasteiger partial charge in [0.1, 0.15) is 5.78 Å². The first-order valence-electron chi connectivity index (χ1n) is 5.07. The number of carbonyl (C=O) groups excluding carboxylic acids is 1. The highest BCUT2D eigenvalue weighted by atomic mass is 16.1. The van der Waals surface area contributed by atoms with E-state index < -0.39 is 0 Å². The first kappa shape index (κ1) is 8.24. The monoisotopic (exact) mass is 167 g/mol. The molecule has 0 N–H and O–H groups in total. The second-order valence-electron chi connectivity index (χ2n) is 4.08. The maximum absolute atomic E-state index is 11.6. The van der Waals surface area contributed by atoms with Gasteiger partial charge >= 0.3 is 0 Å². The van der Waals surface area contributed by atoms with Crippen molar-refractivity contribution in [2.24, 2.45) is 11.8 Å². The lowest BCUT2D eigenvalue weighted by Gasteiger charge is -2.39. The van der Waals surface area contributed by atoms with Gasteiger partial charge in [0, 0.05) is 24.9 Å². The molecule has 0 spiro atoms. The lowest BCUT2D eigenvalue weighted by Crippen LogP contribution is -2.48. The Morgan fingerprint density at radius 1 is 1.33 bits per heavy atom. The molecule has 1 saturated carbocycles. The molecular weight excluding hydrogens is 150 g/mol. The van der Waals surface area contributed by atoms with Crippen LogP contribution in [0.1, 0.15) is 26.2 Å². The molecule has 0 aromatic carbocycles. The summed E-state index contributed by atoms with van der Waals surface area (Å²) in [6, 6.07) is 0. The van der Waals surface area contributed by atoms with Crippen LogP contribution in [0.3, 0.4) is 0 Å². The number of Topliss-reactive ketones (excluding diaryl/α,β-unsaturated/α-hetero) is 1. The fraction of sp³-hybridized carbons (Fsp3) is 0.900. The molecule has 1 aliphatic carbocycles. The summed E-state index contributed by atoms with van der Waals surface area (Å²) in [6.07, 6.45) is 3.57. The minimum Gasteiger partial charge on any atom is -0.302 e. The molecule has 0 amide bonds. The summed E-state index contributed by atoms with van der Waals surface area (Å²) in [5.41, 5.74) is 0. The van der Waals surface area contributed by atoms with E-state index in [1.165, 1.54) is 6.42 Å². The van der Waals surface area contributed by atoms with Crippen molar-refractivity contribution < 1.29 is 4.79 Å². The lowest BCUT2D eigenvalue weighted by molar-refractivity contribution is -0.134. The van der Waals surface area contributed by atoms with Gasteiger partial charge in [-0.2, -0.15) is 0 Å². The summed E-state index contributed by atoms with van der Waals surface area (Å²) in [5, 5.41) is 0. The number of piperidine rings is 1. The zero-order valence-electron chi connectivity index (χ0n) is 7.75. The molecule has 68 valence electrons. The molecule has 0 aromatic heterocycles. The van der Waals surface area contributed by atoms with E-state index in [0.717, 1.165) is 32.5 Å². The number of rotatable bonds is 1. The quantitative estimate of drug-likeness (QED) is 0.587. The molecule has 12 heavy (non-hydrogen) atoms. The number of hydrogen-bond donors (Lipinski definition) is 0. The molecule has 1 aliphatic heterocycles. The zero-order chi connectivity index (χ0) is 8.55. The van der Waals surface area contributed by atoms with E-state index in [9.17, 15) is 4.79 Å². The van der Waals surface area contributed by atoms with Crippen LogP contribution in [0.5, 0.6) is 0 Å². The third kappa shape index (κ3) is 1.28. The van der Waals surface area contributed by atoms with Gasteiger partial charge in [-0.1, -0.05) is 13.3 Å². The summed E-state index contributed by atoms with van der Waals surface area (Å²) < 4.78 is 0. The van der Waals surface area contributed by atoms with Crippen LogP contribution in [0.15, 0.2) is 0 Å². The van der Waals surface area contributed by atoms with E-state index in [1.54, 1.807) is 0 Å². The van der Waals surface area contributed by atoms with Crippen LogP contribution in [0.25, 0.3) is 0 Å². The van der Waals surface area contributed by atoms with Crippen molar-refractivity contribution >= 4 is 5.78 Å². The van der Waals surface area contributed by atoms with Gasteiger partial charge in [0.2, 0.25) is 0 Å². The van der Waals surface area contributed by atoms with Crippen LogP contribution < -0.4 is 0 Å². The fourth-order valence-electron chi connectivity index (χ4n) is 2.55. The van der Waals surface area contributed by atoms with E-state index in [-0.39, 0.29) is 0 Å². The Hall–Kier alpha value is -0.370. The highest BCUT2D eigenvalue weighted by molar-refractivity contribution is 5.85. The Labute approximate surface area is 73.9 Å². The minimum atomic E-state index is 0.387. The second kappa shape index (κ2) is 3.17. The molecule has 1 heterocycles. The van der Waals surface area contributed by atoms with E-state index in [1.807, 2.05) is 0 Å². The molecular formula is C10H17NO. The highest BCUT2D eigenvalue weighted by Crippen LogP contribution is 2.31. The standard InChI is InChI=1S/C10H17NO/c1-2-11-6-8-4-3-5-9(7-11)10(8)12/h8-9H,2-7H2,1H3/t8-,9-/m0/s1. The minimum absolute atomic E-state index is 0.387. The molecule has 2 heteroatoms. The first-order valence-corrected chi connectivity index (χ1v) is 5.07. The van der Waals surface area contributed by atoms with Crippen molar-refractivity contribution in [3.63, 3.8) is 0 Å². The van der Waals surface area contributed by atoms with Crippen LogP contribution in [0.2, 0.25) is 0 Å². The molecule has 0 radical (unpaired) electrons. The van der Waals surface area contributed by atoms with Crippen LogP contribution in [-0.4, -0.2) is 30.3 Å². The fourth-order valence-corrected chi connectivity index (χ4v) is 2.55. The third-order valence-corrected chi connectivity index (χ3v) is 3.31. The SMILES string of the molecule is CCN1C[C@@H]2CCC[C@@H](C1)C2=O. The van der Waals surface area contributed by atoms with Gasteiger partial charge in [-0.15, -0.1) is 0 Å². The largest absolute Gasteiger partial charge is 0.302 e. The van der Waals surface area contributed by atoms with E-state index in [0.29, 0.717) is 17.6 Å². The van der Waals surface area contributed by atoms with Crippen LogP contribution >= 0.6 is 0 Å². The summed E-state index contributed by atoms with van der Waals surface area (Å²) in [6.45, 7) is 5.36. The van der Waals surface area contributed by atoms with E-state index in [4.69, 9.17) is 0 Å². The van der Waals surface area contributed by atoms with Gasteiger partial charge in [-0.25, -0.2) is 0 Å². The van der Waals surface area contributed by atoms with Gasteiger partial charge in [-0.3, -0.25) is 4.79 Å². The number of nitrogens with zero attached hydrogens (tertiary/aromatic N) is 1. The maximum atomic E-state index is 11.6. The smallest absolute Gasteiger partial charge is 0.141 e. The molecule has 2 nitrogen and oxygen atoms in total. The summed E-state index contributed by atoms with van der Waals surface area (Å²) >= 11 is 0. The number of ketones is 1. The molecule has 0 aromatic rings. The number of hydrogen-bond acceptors (Lipinski definition) is 2. The molecule has 1 saturated heterocycles. The molecule has 2 bridgehead atoms. The Kier molecular flexibility index (Phi) is 2.18. The van der Waals surface area contributed by atoms with Crippen LogP contribution in [-0.2, 0) is 4.79 Å². The predicted molar refractivity (Wildman–Crippen MR) is 48.0 cm³/mol. The number of fused-ring (bicyclic) bond motifs is 2. The van der Waals surface area contributed by atoms with E-state index in [2.05, 4.69) is 11.8 Å².